The van der Waals surface area contributed by atoms with Gasteiger partial charge in [0.25, 0.3) is 0 Å². The van der Waals surface area contributed by atoms with Crippen LogP contribution >= 0.6 is 8.25 Å². The Hall–Kier alpha value is 0.0200. The van der Waals surface area contributed by atoms with Crippen LogP contribution in [0.25, 0.3) is 0 Å². The zero-order chi connectivity index (χ0) is 15.5. The normalized spacial score (nSPS) is 10.9. The van der Waals surface area contributed by atoms with E-state index in [0.717, 1.165) is 12.8 Å². The molecule has 0 amide bonds. The topological polar surface area (TPSA) is 46.5 Å². The molecule has 122 valence electrons. The monoisotopic (exact) mass is 307 g/mol. The Morgan fingerprint density at radius 2 is 1.10 bits per heavy atom. The first-order valence-electron chi connectivity index (χ1n) is 8.48. The second kappa shape index (κ2) is 21.3. The Morgan fingerprint density at radius 3 is 1.45 bits per heavy atom. The number of hydrogen-bond acceptors (Lipinski definition) is 2. The average Bonchev–Trinajstić information content (AvgIpc) is 2.44. The molecule has 0 spiro atoms. The minimum atomic E-state index is -2.39. The van der Waals surface area contributed by atoms with Crippen molar-refractivity contribution in [3.63, 3.8) is 0 Å². The highest BCUT2D eigenvalue weighted by Gasteiger charge is 2.09. The molecule has 3 nitrogen and oxygen atoms in total. The van der Waals surface area contributed by atoms with Crippen LogP contribution in [-0.4, -0.2) is 11.5 Å². The van der Waals surface area contributed by atoms with Crippen LogP contribution in [0.5, 0.6) is 0 Å². The summed E-state index contributed by atoms with van der Waals surface area (Å²) < 4.78 is 14.8. The summed E-state index contributed by atoms with van der Waals surface area (Å²) in [5.41, 5.74) is 0. The molecule has 0 bridgehead atoms. The highest BCUT2D eigenvalue weighted by molar-refractivity contribution is 7.32. The second-order valence-electron chi connectivity index (χ2n) is 5.25. The van der Waals surface area contributed by atoms with E-state index in [4.69, 9.17) is 4.89 Å². The summed E-state index contributed by atoms with van der Waals surface area (Å²) in [6.45, 7) is 7.02. The van der Waals surface area contributed by atoms with E-state index in [1.54, 1.807) is 0 Å². The Balaban J connectivity index is 0. The van der Waals surface area contributed by atoms with Crippen molar-refractivity contribution in [2.75, 3.05) is 6.61 Å². The molecule has 0 radical (unpaired) electrons. The highest BCUT2D eigenvalue weighted by atomic mass is 31.1. The van der Waals surface area contributed by atoms with Gasteiger partial charge in [-0.3, -0.25) is 0 Å². The summed E-state index contributed by atoms with van der Waals surface area (Å²) in [7, 11) is -2.39. The molecule has 0 rings (SSSR count). The van der Waals surface area contributed by atoms with E-state index in [2.05, 4.69) is 25.3 Å². The van der Waals surface area contributed by atoms with Gasteiger partial charge in [0, 0.05) is 4.57 Å². The molecule has 1 unspecified atom stereocenters. The SMILES string of the molecule is CCCC.CCCCCCCCCCCCO[P+](=O)O. The van der Waals surface area contributed by atoms with Gasteiger partial charge in [0.1, 0.15) is 6.61 Å². The molecule has 0 aromatic heterocycles. The minimum absolute atomic E-state index is 0.419. The van der Waals surface area contributed by atoms with Crippen molar-refractivity contribution in [2.24, 2.45) is 0 Å². The molecule has 0 fully saturated rings. The molecule has 0 aromatic rings. The van der Waals surface area contributed by atoms with Gasteiger partial charge in [0.05, 0.1) is 0 Å². The van der Waals surface area contributed by atoms with Gasteiger partial charge in [0.15, 0.2) is 0 Å². The van der Waals surface area contributed by atoms with Crippen molar-refractivity contribution in [2.45, 2.75) is 97.8 Å². The molecule has 0 saturated heterocycles. The maximum absolute atomic E-state index is 10.2. The van der Waals surface area contributed by atoms with Crippen LogP contribution in [0.15, 0.2) is 0 Å². The summed E-state index contributed by atoms with van der Waals surface area (Å²) in [5, 5.41) is 0. The number of unbranched alkanes of at least 4 members (excludes halogenated alkanes) is 10. The molecule has 0 aliphatic heterocycles. The minimum Gasteiger partial charge on any atom is -0.133 e. The lowest BCUT2D eigenvalue weighted by Gasteiger charge is -2.00. The fraction of sp³-hybridized carbons (Fsp3) is 1.00. The molecule has 0 aliphatic carbocycles. The van der Waals surface area contributed by atoms with E-state index < -0.39 is 8.25 Å². The molecule has 0 saturated carbocycles. The Morgan fingerprint density at radius 1 is 0.700 bits per heavy atom. The Bertz CT molecular complexity index is 185. The van der Waals surface area contributed by atoms with Crippen LogP contribution in [0.4, 0.5) is 0 Å². The van der Waals surface area contributed by atoms with Crippen LogP contribution in [0.2, 0.25) is 0 Å². The zero-order valence-corrected chi connectivity index (χ0v) is 14.8. The van der Waals surface area contributed by atoms with Crippen LogP contribution in [0, 0.1) is 0 Å². The van der Waals surface area contributed by atoms with Crippen LogP contribution < -0.4 is 0 Å². The highest BCUT2D eigenvalue weighted by Crippen LogP contribution is 2.16. The molecule has 1 atom stereocenters. The predicted octanol–water partition coefficient (Wildman–Crippen LogP) is 6.38. The summed E-state index contributed by atoms with van der Waals surface area (Å²) in [5.74, 6) is 0. The van der Waals surface area contributed by atoms with Crippen molar-refractivity contribution >= 4 is 8.25 Å². The molecule has 1 N–H and O–H groups in total. The molecule has 0 heterocycles. The summed E-state index contributed by atoms with van der Waals surface area (Å²) >= 11 is 0. The van der Waals surface area contributed by atoms with Crippen molar-refractivity contribution < 1.29 is 14.0 Å². The smallest absolute Gasteiger partial charge is 0.133 e. The van der Waals surface area contributed by atoms with Crippen LogP contribution in [-0.2, 0) is 9.09 Å². The molecule has 20 heavy (non-hydrogen) atoms. The van der Waals surface area contributed by atoms with Gasteiger partial charge in [-0.25, -0.2) is 0 Å². The average molecular weight is 307 g/mol. The van der Waals surface area contributed by atoms with Gasteiger partial charge in [0.2, 0.25) is 0 Å². The van der Waals surface area contributed by atoms with E-state index in [1.165, 1.54) is 64.2 Å². The summed E-state index contributed by atoms with van der Waals surface area (Å²) in [6, 6.07) is 0. The molecule has 0 aromatic carbocycles. The van der Waals surface area contributed by atoms with Crippen molar-refractivity contribution in [3.05, 3.63) is 0 Å². The fourth-order valence-corrected chi connectivity index (χ4v) is 2.02. The molecule has 0 aliphatic rings. The summed E-state index contributed by atoms with van der Waals surface area (Å²) in [6.07, 6.45) is 15.3. The van der Waals surface area contributed by atoms with E-state index in [9.17, 15) is 4.57 Å². The molecular formula is C16H36O3P+. The third-order valence-corrected chi connectivity index (χ3v) is 3.60. The first-order chi connectivity index (χ1) is 9.68. The van der Waals surface area contributed by atoms with Gasteiger partial charge in [-0.1, -0.05) is 91.4 Å². The maximum Gasteiger partial charge on any atom is 0.694 e. The third kappa shape index (κ3) is 26.6. The van der Waals surface area contributed by atoms with Gasteiger partial charge >= 0.3 is 8.25 Å². The zero-order valence-electron chi connectivity index (χ0n) is 13.9. The van der Waals surface area contributed by atoms with Gasteiger partial charge in [-0.15, -0.1) is 9.42 Å². The van der Waals surface area contributed by atoms with Gasteiger partial charge in [-0.2, -0.15) is 0 Å². The number of rotatable bonds is 13. The van der Waals surface area contributed by atoms with Crippen molar-refractivity contribution in [1.82, 2.24) is 0 Å². The lowest BCUT2D eigenvalue weighted by molar-refractivity contribution is 0.273. The maximum atomic E-state index is 10.2. The largest absolute Gasteiger partial charge is 0.694 e. The lowest BCUT2D eigenvalue weighted by atomic mass is 10.1. The van der Waals surface area contributed by atoms with Gasteiger partial charge < -0.3 is 0 Å². The van der Waals surface area contributed by atoms with Crippen LogP contribution in [0.3, 0.4) is 0 Å². The van der Waals surface area contributed by atoms with Crippen LogP contribution in [0.1, 0.15) is 97.8 Å². The first-order valence-corrected chi connectivity index (χ1v) is 9.61. The third-order valence-electron chi connectivity index (χ3n) is 3.20. The number of hydrogen-bond donors (Lipinski definition) is 1. The van der Waals surface area contributed by atoms with E-state index >= 15 is 0 Å². The van der Waals surface area contributed by atoms with Gasteiger partial charge in [-0.05, 0) is 6.42 Å². The van der Waals surface area contributed by atoms with Crippen molar-refractivity contribution in [1.29, 1.82) is 0 Å². The standard InChI is InChI=1S/C12H25O3P.C4H10/c1-2-3-4-5-6-7-8-9-10-11-12-15-16(13)14;1-3-4-2/h2-12H2,1H3;3-4H2,1-2H3/p+1. The van der Waals surface area contributed by atoms with E-state index in [1.807, 2.05) is 0 Å². The Labute approximate surface area is 127 Å². The fourth-order valence-electron chi connectivity index (χ4n) is 1.73. The lowest BCUT2D eigenvalue weighted by Crippen LogP contribution is -1.87. The molecule has 4 heteroatoms. The van der Waals surface area contributed by atoms with E-state index in [-0.39, 0.29) is 0 Å². The first kappa shape index (κ1) is 22.3. The molecular weight excluding hydrogens is 271 g/mol. The predicted molar refractivity (Wildman–Crippen MR) is 88.2 cm³/mol. The second-order valence-corrected chi connectivity index (χ2v) is 5.99. The van der Waals surface area contributed by atoms with Crippen molar-refractivity contribution in [3.8, 4) is 0 Å². The summed E-state index contributed by atoms with van der Waals surface area (Å²) in [4.78, 5) is 8.38. The quantitative estimate of drug-likeness (QED) is 0.317. The van der Waals surface area contributed by atoms with E-state index in [0.29, 0.717) is 6.61 Å². The Kier molecular flexibility index (Phi) is 23.8.